The van der Waals surface area contributed by atoms with Gasteiger partial charge >= 0.3 is 0 Å². The molecule has 2 aliphatic heterocycles. The number of nitrogens with one attached hydrogen (secondary N) is 1. The van der Waals surface area contributed by atoms with E-state index in [1.54, 1.807) is 24.3 Å². The van der Waals surface area contributed by atoms with Gasteiger partial charge in [0, 0.05) is 74.9 Å². The lowest BCUT2D eigenvalue weighted by molar-refractivity contribution is 0.100. The molecule has 1 aromatic heterocycles. The summed E-state index contributed by atoms with van der Waals surface area (Å²) in [4.78, 5) is 38.4. The maximum atomic E-state index is 13.8. The van der Waals surface area contributed by atoms with Crippen LogP contribution >= 0.6 is 0 Å². The SMILES string of the molecule is CN1CCN(c2ccc(C(=O)N=C(N)C3=C(N)CCN(S(=O)(=O)c4cc(F)cc(F)c4)C3)c(NC(=O)c3ccccn3)c2)CC1. The Balaban J connectivity index is 1.43. The number of hydrogen-bond acceptors (Lipinski definition) is 8. The summed E-state index contributed by atoms with van der Waals surface area (Å²) in [6.45, 7) is 2.73. The summed E-state index contributed by atoms with van der Waals surface area (Å²) in [5.74, 6) is -3.76. The number of anilines is 2. The largest absolute Gasteiger partial charge is 0.402 e. The van der Waals surface area contributed by atoms with E-state index in [9.17, 15) is 26.8 Å². The second-order valence-corrected chi connectivity index (χ2v) is 12.6. The molecule has 2 amide bonds. The van der Waals surface area contributed by atoms with Gasteiger partial charge in [0.2, 0.25) is 10.0 Å². The molecule has 1 fully saturated rings. The van der Waals surface area contributed by atoms with Gasteiger partial charge in [-0.2, -0.15) is 9.30 Å². The molecule has 2 aromatic carbocycles. The number of amidine groups is 1. The molecule has 2 aliphatic rings. The Kier molecular flexibility index (Phi) is 9.22. The average Bonchev–Trinajstić information content (AvgIpc) is 3.01. The standard InChI is InChI=1S/C30H32F2N8O4S/c1-38-10-12-39(13-11-38)21-5-6-23(27(17-21)36-30(42)26-4-2-3-8-35-26)29(41)37-28(34)24-18-40(9-7-25(24)33)45(43,44)22-15-19(31)14-20(32)16-22/h2-6,8,14-17H,7,9-13,18,33H2,1H3,(H,36,42)(H2,34,37,41). The van der Waals surface area contributed by atoms with Crippen LogP contribution in [0.5, 0.6) is 0 Å². The highest BCUT2D eigenvalue weighted by molar-refractivity contribution is 7.89. The molecule has 0 unspecified atom stereocenters. The number of likely N-dealkylation sites (N-methyl/N-ethyl adjacent to an activating group) is 1. The summed E-state index contributed by atoms with van der Waals surface area (Å²) in [6, 6.07) is 11.8. The molecule has 236 valence electrons. The van der Waals surface area contributed by atoms with Crippen molar-refractivity contribution in [2.75, 3.05) is 56.5 Å². The van der Waals surface area contributed by atoms with Gasteiger partial charge in [-0.05, 0) is 49.5 Å². The van der Waals surface area contributed by atoms with Crippen LogP contribution < -0.4 is 21.7 Å². The summed E-state index contributed by atoms with van der Waals surface area (Å²) in [5.41, 5.74) is 13.8. The monoisotopic (exact) mass is 638 g/mol. The normalized spacial score (nSPS) is 17.0. The Morgan fingerprint density at radius 2 is 1.69 bits per heavy atom. The fourth-order valence-corrected chi connectivity index (χ4v) is 6.49. The molecule has 0 radical (unpaired) electrons. The first kappa shape index (κ1) is 31.7. The topological polar surface area (TPSA) is 167 Å². The van der Waals surface area contributed by atoms with Crippen LogP contribution in [0.2, 0.25) is 0 Å². The molecule has 1 saturated heterocycles. The third kappa shape index (κ3) is 7.16. The van der Waals surface area contributed by atoms with E-state index in [0.29, 0.717) is 18.2 Å². The van der Waals surface area contributed by atoms with E-state index < -0.39 is 38.4 Å². The van der Waals surface area contributed by atoms with E-state index in [2.05, 4.69) is 25.1 Å². The number of pyridine rings is 1. The number of aromatic nitrogens is 1. The number of nitrogens with zero attached hydrogens (tertiary/aromatic N) is 5. The van der Waals surface area contributed by atoms with Crippen LogP contribution in [-0.4, -0.2) is 86.6 Å². The third-order valence-corrected chi connectivity index (χ3v) is 9.43. The van der Waals surface area contributed by atoms with Gasteiger partial charge in [-0.1, -0.05) is 6.07 Å². The number of nitrogens with two attached hydrogens (primary N) is 2. The van der Waals surface area contributed by atoms with Crippen LogP contribution in [0.1, 0.15) is 27.3 Å². The van der Waals surface area contributed by atoms with Crippen LogP contribution in [0, 0.1) is 11.6 Å². The van der Waals surface area contributed by atoms with E-state index in [0.717, 1.165) is 36.2 Å². The molecular weight excluding hydrogens is 606 g/mol. The smallest absolute Gasteiger partial charge is 0.281 e. The molecule has 0 saturated carbocycles. The Hall–Kier alpha value is -4.73. The highest BCUT2D eigenvalue weighted by Gasteiger charge is 2.31. The fourth-order valence-electron chi connectivity index (χ4n) is 5.03. The fraction of sp³-hybridized carbons (Fsp3) is 0.267. The number of carbonyl (C=O) groups excluding carboxylic acids is 2. The van der Waals surface area contributed by atoms with Crippen molar-refractivity contribution in [3.05, 3.63) is 95.0 Å². The average molecular weight is 639 g/mol. The molecule has 0 spiro atoms. The van der Waals surface area contributed by atoms with Crippen molar-refractivity contribution in [3.63, 3.8) is 0 Å². The Labute approximate surface area is 259 Å². The second-order valence-electron chi connectivity index (χ2n) is 10.7. The van der Waals surface area contributed by atoms with Gasteiger partial charge in [0.1, 0.15) is 23.2 Å². The number of hydrogen-bond donors (Lipinski definition) is 3. The first-order valence-electron chi connectivity index (χ1n) is 14.0. The van der Waals surface area contributed by atoms with E-state index in [1.165, 1.54) is 18.3 Å². The van der Waals surface area contributed by atoms with Gasteiger partial charge in [-0.3, -0.25) is 14.6 Å². The van der Waals surface area contributed by atoms with Gasteiger partial charge in [-0.25, -0.2) is 17.2 Å². The zero-order chi connectivity index (χ0) is 32.3. The van der Waals surface area contributed by atoms with Crippen LogP contribution in [0.15, 0.2) is 82.0 Å². The highest BCUT2D eigenvalue weighted by atomic mass is 32.2. The van der Waals surface area contributed by atoms with Crippen LogP contribution in [0.4, 0.5) is 20.2 Å². The first-order valence-corrected chi connectivity index (χ1v) is 15.5. The summed E-state index contributed by atoms with van der Waals surface area (Å²) >= 11 is 0. The minimum absolute atomic E-state index is 0.0369. The molecule has 5 N–H and O–H groups in total. The summed E-state index contributed by atoms with van der Waals surface area (Å²) in [6.07, 6.45) is 1.52. The van der Waals surface area contributed by atoms with Crippen LogP contribution in [-0.2, 0) is 10.0 Å². The molecule has 15 heteroatoms. The Morgan fingerprint density at radius 3 is 2.36 bits per heavy atom. The van der Waals surface area contributed by atoms with Gasteiger partial charge in [-0.15, -0.1) is 0 Å². The Bertz CT molecular complexity index is 1770. The predicted octanol–water partition coefficient (Wildman–Crippen LogP) is 2.17. The van der Waals surface area contributed by atoms with Crippen molar-refractivity contribution in [2.24, 2.45) is 16.5 Å². The van der Waals surface area contributed by atoms with Crippen molar-refractivity contribution in [3.8, 4) is 0 Å². The molecule has 3 heterocycles. The van der Waals surface area contributed by atoms with E-state index >= 15 is 0 Å². The number of carbonyl (C=O) groups is 2. The number of halogens is 2. The molecule has 12 nitrogen and oxygen atoms in total. The second kappa shape index (κ2) is 13.1. The molecule has 45 heavy (non-hydrogen) atoms. The highest BCUT2D eigenvalue weighted by Crippen LogP contribution is 2.28. The van der Waals surface area contributed by atoms with Crippen molar-refractivity contribution < 1.29 is 26.8 Å². The summed E-state index contributed by atoms with van der Waals surface area (Å²) < 4.78 is 54.9. The van der Waals surface area contributed by atoms with Crippen molar-refractivity contribution in [1.82, 2.24) is 14.2 Å². The zero-order valence-corrected chi connectivity index (χ0v) is 25.2. The molecule has 5 rings (SSSR count). The number of benzene rings is 2. The number of piperazine rings is 1. The van der Waals surface area contributed by atoms with Gasteiger partial charge in [0.15, 0.2) is 0 Å². The Morgan fingerprint density at radius 1 is 0.978 bits per heavy atom. The molecule has 0 atom stereocenters. The zero-order valence-electron chi connectivity index (χ0n) is 24.4. The number of sulfonamides is 1. The molecule has 0 bridgehead atoms. The van der Waals surface area contributed by atoms with E-state index in [-0.39, 0.29) is 53.6 Å². The van der Waals surface area contributed by atoms with Crippen LogP contribution in [0.25, 0.3) is 0 Å². The lowest BCUT2D eigenvalue weighted by Gasteiger charge is -2.34. The van der Waals surface area contributed by atoms with Crippen molar-refractivity contribution in [1.29, 1.82) is 0 Å². The maximum absolute atomic E-state index is 13.8. The van der Waals surface area contributed by atoms with E-state index in [4.69, 9.17) is 11.5 Å². The minimum Gasteiger partial charge on any atom is -0.402 e. The van der Waals surface area contributed by atoms with Gasteiger partial charge in [0.05, 0.1) is 16.1 Å². The lowest BCUT2D eigenvalue weighted by atomic mass is 10.1. The van der Waals surface area contributed by atoms with Crippen molar-refractivity contribution in [2.45, 2.75) is 11.3 Å². The number of aliphatic imine (C=N–C) groups is 1. The van der Waals surface area contributed by atoms with Gasteiger partial charge < -0.3 is 26.6 Å². The maximum Gasteiger partial charge on any atom is 0.281 e. The molecule has 3 aromatic rings. The predicted molar refractivity (Wildman–Crippen MR) is 165 cm³/mol. The first-order chi connectivity index (χ1) is 21.4. The molecule has 0 aliphatic carbocycles. The third-order valence-electron chi connectivity index (χ3n) is 7.61. The van der Waals surface area contributed by atoms with Gasteiger partial charge in [0.25, 0.3) is 11.8 Å². The van der Waals surface area contributed by atoms with Crippen LogP contribution in [0.3, 0.4) is 0 Å². The lowest BCUT2D eigenvalue weighted by Crippen LogP contribution is -2.44. The quantitative estimate of drug-likeness (QED) is 0.260. The molecular formula is C30H32F2N8O4S. The summed E-state index contributed by atoms with van der Waals surface area (Å²) in [7, 11) is -2.30. The summed E-state index contributed by atoms with van der Waals surface area (Å²) in [5, 5.41) is 2.76. The number of rotatable bonds is 7. The van der Waals surface area contributed by atoms with Crippen molar-refractivity contribution >= 4 is 39.0 Å². The van der Waals surface area contributed by atoms with E-state index in [1.807, 2.05) is 7.05 Å². The number of amides is 2. The minimum atomic E-state index is -4.34.